The average molecular weight is 542 g/mol. The standard InChI is InChI=1S/C17H20BrN3O.2BrH.H2O/c18-15-3-1-13(2-4-15)7-11-21-12-10-20-17(21)16(22)14-5-8-19-9-6-14;;;/h1-4,10,12,14,19H,5-9,11H2;2*1H;1H2. The number of halogens is 3. The molecule has 1 aromatic carbocycles. The first-order chi connectivity index (χ1) is 10.7. The van der Waals surface area contributed by atoms with Crippen molar-refractivity contribution in [1.82, 2.24) is 14.9 Å². The number of aromatic nitrogens is 2. The second-order valence-corrected chi connectivity index (χ2v) is 6.62. The summed E-state index contributed by atoms with van der Waals surface area (Å²) in [4.78, 5) is 16.9. The van der Waals surface area contributed by atoms with E-state index in [0.29, 0.717) is 5.82 Å². The zero-order valence-corrected chi connectivity index (χ0v) is 18.8. The van der Waals surface area contributed by atoms with Crippen LogP contribution < -0.4 is 5.32 Å². The van der Waals surface area contributed by atoms with Gasteiger partial charge in [-0.2, -0.15) is 0 Å². The highest BCUT2D eigenvalue weighted by molar-refractivity contribution is 9.10. The van der Waals surface area contributed by atoms with E-state index >= 15 is 0 Å². The van der Waals surface area contributed by atoms with Gasteiger partial charge in [0.05, 0.1) is 0 Å². The quantitative estimate of drug-likeness (QED) is 0.589. The molecule has 8 heteroatoms. The molecule has 3 rings (SSSR count). The van der Waals surface area contributed by atoms with E-state index in [2.05, 4.69) is 38.4 Å². The number of nitrogens with zero attached hydrogens (tertiary/aromatic N) is 2. The monoisotopic (exact) mass is 539 g/mol. The molecule has 1 fully saturated rings. The highest BCUT2D eigenvalue weighted by Crippen LogP contribution is 2.18. The van der Waals surface area contributed by atoms with E-state index in [-0.39, 0.29) is 51.1 Å². The van der Waals surface area contributed by atoms with Crippen LogP contribution in [0.2, 0.25) is 0 Å². The molecule has 140 valence electrons. The number of ketones is 1. The summed E-state index contributed by atoms with van der Waals surface area (Å²) in [5, 5.41) is 3.30. The second-order valence-electron chi connectivity index (χ2n) is 5.71. The van der Waals surface area contributed by atoms with Gasteiger partial charge in [-0.3, -0.25) is 4.79 Å². The minimum Gasteiger partial charge on any atom is -0.412 e. The molecule has 0 unspecified atom stereocenters. The lowest BCUT2D eigenvalue weighted by Crippen LogP contribution is -2.33. The molecule has 0 spiro atoms. The molecule has 0 saturated carbocycles. The number of rotatable bonds is 5. The Bertz CT molecular complexity index is 641. The highest BCUT2D eigenvalue weighted by Gasteiger charge is 2.25. The summed E-state index contributed by atoms with van der Waals surface area (Å²) in [6.07, 6.45) is 6.37. The molecule has 0 amide bonds. The lowest BCUT2D eigenvalue weighted by molar-refractivity contribution is 0.0879. The van der Waals surface area contributed by atoms with Crippen molar-refractivity contribution >= 4 is 55.7 Å². The number of hydrogen-bond acceptors (Lipinski definition) is 3. The van der Waals surface area contributed by atoms with Gasteiger partial charge < -0.3 is 15.4 Å². The zero-order valence-electron chi connectivity index (χ0n) is 13.8. The number of hydrogen-bond donors (Lipinski definition) is 1. The van der Waals surface area contributed by atoms with Crippen molar-refractivity contribution < 1.29 is 10.3 Å². The predicted molar refractivity (Wildman–Crippen MR) is 114 cm³/mol. The van der Waals surface area contributed by atoms with E-state index in [1.807, 2.05) is 22.9 Å². The topological polar surface area (TPSA) is 78.4 Å². The Morgan fingerprint density at radius 2 is 1.84 bits per heavy atom. The van der Waals surface area contributed by atoms with E-state index in [1.54, 1.807) is 6.20 Å². The molecule has 1 aliphatic heterocycles. The fourth-order valence-corrected chi connectivity index (χ4v) is 3.15. The Morgan fingerprint density at radius 3 is 2.48 bits per heavy atom. The van der Waals surface area contributed by atoms with Gasteiger partial charge >= 0.3 is 0 Å². The van der Waals surface area contributed by atoms with E-state index < -0.39 is 0 Å². The van der Waals surface area contributed by atoms with Crippen LogP contribution in [0, 0.1) is 5.92 Å². The number of piperidine rings is 1. The summed E-state index contributed by atoms with van der Waals surface area (Å²) in [7, 11) is 0. The molecule has 1 aliphatic rings. The van der Waals surface area contributed by atoms with Gasteiger partial charge in [-0.25, -0.2) is 4.98 Å². The Labute approximate surface area is 177 Å². The number of aryl methyl sites for hydroxylation is 2. The Balaban J connectivity index is 0.00000192. The van der Waals surface area contributed by atoms with Crippen LogP contribution >= 0.6 is 49.9 Å². The smallest absolute Gasteiger partial charge is 0.201 e. The molecule has 0 radical (unpaired) electrons. The minimum absolute atomic E-state index is 0. The van der Waals surface area contributed by atoms with Crippen molar-refractivity contribution in [3.63, 3.8) is 0 Å². The summed E-state index contributed by atoms with van der Waals surface area (Å²) < 4.78 is 3.08. The van der Waals surface area contributed by atoms with Crippen molar-refractivity contribution in [2.24, 2.45) is 5.92 Å². The van der Waals surface area contributed by atoms with Gasteiger partial charge in [0.2, 0.25) is 5.78 Å². The molecular weight excluding hydrogens is 518 g/mol. The van der Waals surface area contributed by atoms with Crippen molar-refractivity contribution in [2.45, 2.75) is 25.8 Å². The molecule has 0 aliphatic carbocycles. The van der Waals surface area contributed by atoms with Gasteiger partial charge in [-0.05, 0) is 50.0 Å². The first-order valence-electron chi connectivity index (χ1n) is 7.74. The summed E-state index contributed by atoms with van der Waals surface area (Å²) >= 11 is 3.45. The van der Waals surface area contributed by atoms with Crippen LogP contribution in [0.3, 0.4) is 0 Å². The molecule has 25 heavy (non-hydrogen) atoms. The van der Waals surface area contributed by atoms with Crippen molar-refractivity contribution in [2.75, 3.05) is 13.1 Å². The third-order valence-electron chi connectivity index (χ3n) is 4.20. The number of nitrogens with one attached hydrogen (secondary N) is 1. The van der Waals surface area contributed by atoms with Crippen LogP contribution in [0.4, 0.5) is 0 Å². The maximum atomic E-state index is 12.6. The molecule has 3 N–H and O–H groups in total. The number of carbonyl (C=O) groups excluding carboxylic acids is 1. The van der Waals surface area contributed by atoms with Gasteiger partial charge in [0, 0.05) is 29.3 Å². The molecular formula is C17H24Br3N3O2. The summed E-state index contributed by atoms with van der Waals surface area (Å²) in [5.41, 5.74) is 1.26. The third-order valence-corrected chi connectivity index (χ3v) is 4.73. The zero-order chi connectivity index (χ0) is 15.4. The van der Waals surface area contributed by atoms with Gasteiger partial charge in [0.25, 0.3) is 0 Å². The van der Waals surface area contributed by atoms with Gasteiger partial charge in [-0.15, -0.1) is 34.0 Å². The predicted octanol–water partition coefficient (Wildman–Crippen LogP) is 3.40. The molecule has 1 saturated heterocycles. The lowest BCUT2D eigenvalue weighted by atomic mass is 9.93. The number of carbonyl (C=O) groups is 1. The van der Waals surface area contributed by atoms with Crippen molar-refractivity contribution in [3.8, 4) is 0 Å². The minimum atomic E-state index is 0. The molecule has 0 bridgehead atoms. The van der Waals surface area contributed by atoms with Crippen LogP contribution in [-0.2, 0) is 13.0 Å². The molecule has 0 atom stereocenters. The Hall–Kier alpha value is -0.540. The van der Waals surface area contributed by atoms with Crippen LogP contribution in [0.25, 0.3) is 0 Å². The van der Waals surface area contributed by atoms with Crippen LogP contribution in [0.1, 0.15) is 29.0 Å². The van der Waals surface area contributed by atoms with Crippen LogP contribution in [0.15, 0.2) is 41.1 Å². The molecule has 2 aromatic rings. The Kier molecular flexibility index (Phi) is 11.7. The van der Waals surface area contributed by atoms with Crippen molar-refractivity contribution in [1.29, 1.82) is 0 Å². The van der Waals surface area contributed by atoms with Crippen LogP contribution in [0.5, 0.6) is 0 Å². The van der Waals surface area contributed by atoms with E-state index in [1.165, 1.54) is 5.56 Å². The first-order valence-corrected chi connectivity index (χ1v) is 8.54. The second kappa shape index (κ2) is 12.0. The summed E-state index contributed by atoms with van der Waals surface area (Å²) in [5.74, 6) is 0.932. The number of benzene rings is 1. The summed E-state index contributed by atoms with van der Waals surface area (Å²) in [6, 6.07) is 8.30. The summed E-state index contributed by atoms with van der Waals surface area (Å²) in [6.45, 7) is 2.64. The lowest BCUT2D eigenvalue weighted by Gasteiger charge is -2.21. The molecule has 2 heterocycles. The maximum absolute atomic E-state index is 12.6. The molecule has 1 aromatic heterocycles. The highest BCUT2D eigenvalue weighted by atomic mass is 79.9. The van der Waals surface area contributed by atoms with Crippen molar-refractivity contribution in [3.05, 3.63) is 52.5 Å². The van der Waals surface area contributed by atoms with Gasteiger partial charge in [-0.1, -0.05) is 28.1 Å². The maximum Gasteiger partial charge on any atom is 0.201 e. The van der Waals surface area contributed by atoms with Gasteiger partial charge in [0.15, 0.2) is 5.82 Å². The number of imidazole rings is 1. The number of Topliss-reactive ketones (excluding diaryl/α,β-unsaturated/α-hetero) is 1. The van der Waals surface area contributed by atoms with Crippen LogP contribution in [-0.4, -0.2) is 33.9 Å². The largest absolute Gasteiger partial charge is 0.412 e. The SMILES string of the molecule is Br.Br.O.O=C(c1nccn1CCc1ccc(Br)cc1)C1CCNCC1. The van der Waals surface area contributed by atoms with E-state index in [0.717, 1.165) is 43.4 Å². The van der Waals surface area contributed by atoms with E-state index in [9.17, 15) is 4.79 Å². The average Bonchev–Trinajstić information content (AvgIpc) is 3.03. The molecule has 5 nitrogen and oxygen atoms in total. The Morgan fingerprint density at radius 1 is 1.20 bits per heavy atom. The fraction of sp³-hybridized carbons (Fsp3) is 0.412. The van der Waals surface area contributed by atoms with Gasteiger partial charge in [0.1, 0.15) is 0 Å². The van der Waals surface area contributed by atoms with E-state index in [4.69, 9.17) is 0 Å². The first kappa shape index (κ1) is 24.5. The normalized spacial score (nSPS) is 14.0. The third kappa shape index (κ3) is 6.60. The fourth-order valence-electron chi connectivity index (χ4n) is 2.88.